The van der Waals surface area contributed by atoms with E-state index in [1.54, 1.807) is 13.8 Å². The number of hydrogen-bond acceptors (Lipinski definition) is 1. The van der Waals surface area contributed by atoms with Gasteiger partial charge in [0.25, 0.3) is 0 Å². The standard InChI is InChI=1S/C7H7BrFNO/c1-4-6(9)3-10(11)5(2)7(4)8/h3H,1-2H3. The third-order valence-electron chi connectivity index (χ3n) is 1.57. The van der Waals surface area contributed by atoms with Crippen LogP contribution in [-0.2, 0) is 0 Å². The number of rotatable bonds is 0. The van der Waals surface area contributed by atoms with Gasteiger partial charge in [0.05, 0.1) is 4.47 Å². The van der Waals surface area contributed by atoms with Crippen LogP contribution in [0.5, 0.6) is 0 Å². The van der Waals surface area contributed by atoms with Crippen molar-refractivity contribution in [3.05, 3.63) is 33.0 Å². The van der Waals surface area contributed by atoms with Crippen LogP contribution in [0.25, 0.3) is 0 Å². The highest BCUT2D eigenvalue weighted by Gasteiger charge is 2.12. The van der Waals surface area contributed by atoms with Crippen LogP contribution >= 0.6 is 15.9 Å². The zero-order chi connectivity index (χ0) is 8.59. The molecule has 4 heteroatoms. The first kappa shape index (κ1) is 8.46. The van der Waals surface area contributed by atoms with E-state index in [4.69, 9.17) is 0 Å². The van der Waals surface area contributed by atoms with E-state index in [-0.39, 0.29) is 0 Å². The lowest BCUT2D eigenvalue weighted by Crippen LogP contribution is -2.31. The largest absolute Gasteiger partial charge is 0.618 e. The molecule has 0 aliphatic heterocycles. The van der Waals surface area contributed by atoms with E-state index in [1.807, 2.05) is 0 Å². The average Bonchev–Trinajstić information content (AvgIpc) is 1.97. The molecule has 2 nitrogen and oxygen atoms in total. The topological polar surface area (TPSA) is 26.9 Å². The Bertz CT molecular complexity index is 275. The fraction of sp³-hybridized carbons (Fsp3) is 0.286. The number of halogens is 2. The Morgan fingerprint density at radius 1 is 1.55 bits per heavy atom. The van der Waals surface area contributed by atoms with Crippen molar-refractivity contribution >= 4 is 15.9 Å². The normalized spacial score (nSPS) is 10.2. The summed E-state index contributed by atoms with van der Waals surface area (Å²) in [4.78, 5) is 0. The first-order valence-corrected chi connectivity index (χ1v) is 3.87. The molecule has 0 spiro atoms. The fourth-order valence-electron chi connectivity index (χ4n) is 0.770. The lowest BCUT2D eigenvalue weighted by atomic mass is 10.2. The van der Waals surface area contributed by atoms with Gasteiger partial charge >= 0.3 is 0 Å². The van der Waals surface area contributed by atoms with E-state index in [9.17, 15) is 9.60 Å². The Balaban J connectivity index is 3.46. The second-order valence-electron chi connectivity index (χ2n) is 2.33. The van der Waals surface area contributed by atoms with Gasteiger partial charge in [0.2, 0.25) is 11.9 Å². The second-order valence-corrected chi connectivity index (χ2v) is 3.12. The number of nitrogens with zero attached hydrogens (tertiary/aromatic N) is 1. The Kier molecular flexibility index (Phi) is 2.13. The molecule has 0 fully saturated rings. The van der Waals surface area contributed by atoms with Crippen molar-refractivity contribution in [2.75, 3.05) is 0 Å². The van der Waals surface area contributed by atoms with Crippen LogP contribution in [0.15, 0.2) is 10.7 Å². The highest BCUT2D eigenvalue weighted by atomic mass is 79.9. The lowest BCUT2D eigenvalue weighted by Gasteiger charge is -2.04. The first-order chi connectivity index (χ1) is 5.04. The molecule has 11 heavy (non-hydrogen) atoms. The Morgan fingerprint density at radius 3 is 2.64 bits per heavy atom. The Labute approximate surface area is 72.4 Å². The average molecular weight is 220 g/mol. The maximum atomic E-state index is 12.8. The van der Waals surface area contributed by atoms with Gasteiger partial charge in [-0.1, -0.05) is 0 Å². The number of hydrogen-bond donors (Lipinski definition) is 0. The van der Waals surface area contributed by atoms with E-state index >= 15 is 0 Å². The fourth-order valence-corrected chi connectivity index (χ4v) is 1.13. The minimum Gasteiger partial charge on any atom is -0.618 e. The summed E-state index contributed by atoms with van der Waals surface area (Å²) in [6, 6.07) is 0. The van der Waals surface area contributed by atoms with Crippen LogP contribution in [-0.4, -0.2) is 0 Å². The van der Waals surface area contributed by atoms with Crippen molar-refractivity contribution in [2.24, 2.45) is 0 Å². The van der Waals surface area contributed by atoms with Crippen molar-refractivity contribution in [2.45, 2.75) is 13.8 Å². The van der Waals surface area contributed by atoms with Crippen molar-refractivity contribution < 1.29 is 9.12 Å². The Morgan fingerprint density at radius 2 is 2.09 bits per heavy atom. The molecule has 0 radical (unpaired) electrons. The number of pyridine rings is 1. The minimum atomic E-state index is -0.488. The lowest BCUT2D eigenvalue weighted by molar-refractivity contribution is -0.614. The van der Waals surface area contributed by atoms with Crippen LogP contribution < -0.4 is 4.73 Å². The summed E-state index contributed by atoms with van der Waals surface area (Å²) in [6.45, 7) is 3.25. The van der Waals surface area contributed by atoms with Gasteiger partial charge in [0.1, 0.15) is 0 Å². The van der Waals surface area contributed by atoms with Crippen molar-refractivity contribution in [3.8, 4) is 0 Å². The molecular weight excluding hydrogens is 213 g/mol. The first-order valence-electron chi connectivity index (χ1n) is 3.08. The summed E-state index contributed by atoms with van der Waals surface area (Å²) >= 11 is 3.12. The molecule has 0 unspecified atom stereocenters. The van der Waals surface area contributed by atoms with Crippen LogP contribution in [0.1, 0.15) is 11.3 Å². The van der Waals surface area contributed by atoms with Gasteiger partial charge in [-0.15, -0.1) is 0 Å². The molecule has 0 aliphatic rings. The SMILES string of the molecule is Cc1c(F)c[n+]([O-])c(C)c1Br. The van der Waals surface area contributed by atoms with E-state index in [2.05, 4.69) is 15.9 Å². The van der Waals surface area contributed by atoms with Crippen LogP contribution in [0.3, 0.4) is 0 Å². The molecule has 0 saturated heterocycles. The summed E-state index contributed by atoms with van der Waals surface area (Å²) in [5.74, 6) is -0.488. The van der Waals surface area contributed by atoms with Gasteiger partial charge in [0, 0.05) is 12.5 Å². The smallest absolute Gasteiger partial charge is 0.216 e. The van der Waals surface area contributed by atoms with Crippen molar-refractivity contribution in [1.29, 1.82) is 0 Å². The third kappa shape index (κ3) is 1.35. The molecular formula is C7H7BrFNO. The summed E-state index contributed by atoms with van der Waals surface area (Å²) in [5, 5.41) is 10.9. The number of aromatic nitrogens is 1. The van der Waals surface area contributed by atoms with Gasteiger partial charge in [-0.3, -0.25) is 0 Å². The van der Waals surface area contributed by atoms with Gasteiger partial charge in [-0.25, -0.2) is 0 Å². The molecule has 0 bridgehead atoms. The van der Waals surface area contributed by atoms with Crippen molar-refractivity contribution in [1.82, 2.24) is 0 Å². The van der Waals surface area contributed by atoms with Gasteiger partial charge < -0.3 is 5.21 Å². The second kappa shape index (κ2) is 2.77. The van der Waals surface area contributed by atoms with Crippen LogP contribution in [0.2, 0.25) is 0 Å². The summed E-state index contributed by atoms with van der Waals surface area (Å²) in [7, 11) is 0. The molecule has 1 heterocycles. The molecule has 0 N–H and O–H groups in total. The zero-order valence-electron chi connectivity index (χ0n) is 6.19. The monoisotopic (exact) mass is 219 g/mol. The van der Waals surface area contributed by atoms with Gasteiger partial charge in [0.15, 0.2) is 5.82 Å². The van der Waals surface area contributed by atoms with Crippen LogP contribution in [0, 0.1) is 24.9 Å². The highest BCUT2D eigenvalue weighted by molar-refractivity contribution is 9.10. The van der Waals surface area contributed by atoms with E-state index in [0.29, 0.717) is 20.5 Å². The van der Waals surface area contributed by atoms with Gasteiger partial charge in [-0.2, -0.15) is 9.12 Å². The minimum absolute atomic E-state index is 0.467. The third-order valence-corrected chi connectivity index (χ3v) is 2.73. The summed E-state index contributed by atoms with van der Waals surface area (Å²) < 4.78 is 13.8. The molecule has 1 rings (SSSR count). The molecule has 1 aromatic rings. The molecule has 0 amide bonds. The van der Waals surface area contributed by atoms with Gasteiger partial charge in [-0.05, 0) is 22.9 Å². The molecule has 0 aromatic carbocycles. The zero-order valence-corrected chi connectivity index (χ0v) is 7.77. The van der Waals surface area contributed by atoms with E-state index in [1.165, 1.54) is 0 Å². The molecule has 60 valence electrons. The predicted molar refractivity (Wildman–Crippen MR) is 42.5 cm³/mol. The maximum absolute atomic E-state index is 12.8. The Hall–Kier alpha value is -0.640. The molecule has 0 atom stereocenters. The molecule has 0 saturated carbocycles. The molecule has 1 aromatic heterocycles. The quantitative estimate of drug-likeness (QED) is 0.484. The predicted octanol–water partition coefficient (Wildman–Crippen LogP) is 1.84. The summed E-state index contributed by atoms with van der Waals surface area (Å²) in [6.07, 6.45) is 0.926. The van der Waals surface area contributed by atoms with E-state index in [0.717, 1.165) is 6.20 Å². The summed E-state index contributed by atoms with van der Waals surface area (Å²) in [5.41, 5.74) is 0.943. The van der Waals surface area contributed by atoms with Crippen molar-refractivity contribution in [3.63, 3.8) is 0 Å². The van der Waals surface area contributed by atoms with E-state index < -0.39 is 5.82 Å². The maximum Gasteiger partial charge on any atom is 0.216 e. The highest BCUT2D eigenvalue weighted by Crippen LogP contribution is 2.19. The molecule has 0 aliphatic carbocycles. The van der Waals surface area contributed by atoms with Crippen LogP contribution in [0.4, 0.5) is 4.39 Å².